The molecule has 1 aromatic rings. The van der Waals surface area contributed by atoms with Crippen molar-refractivity contribution in [2.75, 3.05) is 26.3 Å². The standard InChI is InChI=1S/C14H20N2O4/c1-3-19-12-9-16(8-11(12)17)14(18)10-6-5-7-15-13(10)20-4-2/h5-7,11-12,17H,3-4,8-9H2,1-2H3. The van der Waals surface area contributed by atoms with E-state index in [4.69, 9.17) is 9.47 Å². The predicted octanol–water partition coefficient (Wildman–Crippen LogP) is 0.702. The lowest BCUT2D eigenvalue weighted by Crippen LogP contribution is -2.30. The lowest BCUT2D eigenvalue weighted by atomic mass is 10.2. The Hall–Kier alpha value is -1.66. The van der Waals surface area contributed by atoms with Gasteiger partial charge in [0, 0.05) is 25.9 Å². The Morgan fingerprint density at radius 3 is 2.95 bits per heavy atom. The maximum Gasteiger partial charge on any atom is 0.259 e. The normalized spacial score (nSPS) is 22.1. The van der Waals surface area contributed by atoms with E-state index in [1.165, 1.54) is 0 Å². The number of ether oxygens (including phenoxy) is 2. The van der Waals surface area contributed by atoms with Gasteiger partial charge in [0.05, 0.1) is 12.7 Å². The third-order valence-corrected chi connectivity index (χ3v) is 3.19. The first-order valence-electron chi connectivity index (χ1n) is 6.84. The van der Waals surface area contributed by atoms with Crippen LogP contribution < -0.4 is 4.74 Å². The Kier molecular flexibility index (Phi) is 4.92. The van der Waals surface area contributed by atoms with Crippen LogP contribution in [0, 0.1) is 0 Å². The van der Waals surface area contributed by atoms with E-state index < -0.39 is 6.10 Å². The molecule has 1 saturated heterocycles. The first-order chi connectivity index (χ1) is 9.67. The monoisotopic (exact) mass is 280 g/mol. The van der Waals surface area contributed by atoms with E-state index in [1.807, 2.05) is 13.8 Å². The fraction of sp³-hybridized carbons (Fsp3) is 0.571. The van der Waals surface area contributed by atoms with Crippen LogP contribution in [-0.4, -0.2) is 59.4 Å². The van der Waals surface area contributed by atoms with Gasteiger partial charge in [-0.15, -0.1) is 0 Å². The number of β-amino-alcohol motifs (C(OH)–C–C–N with tert-alkyl or cyclic N) is 1. The van der Waals surface area contributed by atoms with E-state index in [0.29, 0.717) is 31.2 Å². The molecule has 0 bridgehead atoms. The minimum atomic E-state index is -0.647. The summed E-state index contributed by atoms with van der Waals surface area (Å²) in [6.07, 6.45) is 0.617. The Morgan fingerprint density at radius 1 is 1.45 bits per heavy atom. The average Bonchev–Trinajstić information content (AvgIpc) is 2.81. The largest absolute Gasteiger partial charge is 0.477 e. The van der Waals surface area contributed by atoms with Crippen LogP contribution in [0.15, 0.2) is 18.3 Å². The molecule has 1 N–H and O–H groups in total. The average molecular weight is 280 g/mol. The maximum atomic E-state index is 12.5. The van der Waals surface area contributed by atoms with Crippen molar-refractivity contribution in [3.8, 4) is 5.88 Å². The first-order valence-corrected chi connectivity index (χ1v) is 6.84. The summed E-state index contributed by atoms with van der Waals surface area (Å²) in [5.74, 6) is 0.136. The molecule has 1 aromatic heterocycles. The van der Waals surface area contributed by atoms with Crippen molar-refractivity contribution >= 4 is 5.91 Å². The lowest BCUT2D eigenvalue weighted by Gasteiger charge is -2.17. The van der Waals surface area contributed by atoms with Crippen molar-refractivity contribution in [1.29, 1.82) is 0 Å². The van der Waals surface area contributed by atoms with Gasteiger partial charge in [-0.25, -0.2) is 4.98 Å². The Morgan fingerprint density at radius 2 is 2.25 bits per heavy atom. The van der Waals surface area contributed by atoms with Gasteiger partial charge in [0.15, 0.2) is 0 Å². The van der Waals surface area contributed by atoms with Crippen LogP contribution in [0.1, 0.15) is 24.2 Å². The van der Waals surface area contributed by atoms with Gasteiger partial charge in [-0.2, -0.15) is 0 Å². The van der Waals surface area contributed by atoms with Crippen molar-refractivity contribution in [2.24, 2.45) is 0 Å². The van der Waals surface area contributed by atoms with Crippen LogP contribution in [-0.2, 0) is 4.74 Å². The van der Waals surface area contributed by atoms with Crippen molar-refractivity contribution in [3.05, 3.63) is 23.9 Å². The molecule has 1 aliphatic rings. The molecule has 2 heterocycles. The number of pyridine rings is 1. The highest BCUT2D eigenvalue weighted by Gasteiger charge is 2.35. The van der Waals surface area contributed by atoms with Gasteiger partial charge in [-0.05, 0) is 26.0 Å². The Labute approximate surface area is 118 Å². The molecule has 6 heteroatoms. The van der Waals surface area contributed by atoms with Crippen LogP contribution in [0.4, 0.5) is 0 Å². The number of aliphatic hydroxyl groups excluding tert-OH is 1. The highest BCUT2D eigenvalue weighted by atomic mass is 16.5. The van der Waals surface area contributed by atoms with Crippen molar-refractivity contribution in [2.45, 2.75) is 26.1 Å². The van der Waals surface area contributed by atoms with Crippen molar-refractivity contribution in [3.63, 3.8) is 0 Å². The number of aromatic nitrogens is 1. The summed E-state index contributed by atoms with van der Waals surface area (Å²) >= 11 is 0. The molecule has 2 unspecified atom stereocenters. The molecule has 1 aliphatic heterocycles. The molecule has 20 heavy (non-hydrogen) atoms. The summed E-state index contributed by atoms with van der Waals surface area (Å²) in [4.78, 5) is 18.1. The fourth-order valence-electron chi connectivity index (χ4n) is 2.28. The molecular weight excluding hydrogens is 260 g/mol. The number of hydrogen-bond donors (Lipinski definition) is 1. The van der Waals surface area contributed by atoms with Crippen LogP contribution in [0.25, 0.3) is 0 Å². The summed E-state index contributed by atoms with van der Waals surface area (Å²) in [5.41, 5.74) is 0.415. The summed E-state index contributed by atoms with van der Waals surface area (Å²) in [6.45, 7) is 5.32. The number of hydrogen-bond acceptors (Lipinski definition) is 5. The SMILES string of the molecule is CCOc1ncccc1C(=O)N1CC(O)C(OCC)C1. The van der Waals surface area contributed by atoms with Crippen LogP contribution in [0.5, 0.6) is 5.88 Å². The summed E-state index contributed by atoms with van der Waals surface area (Å²) in [5, 5.41) is 9.89. The van der Waals surface area contributed by atoms with Crippen LogP contribution in [0.2, 0.25) is 0 Å². The van der Waals surface area contributed by atoms with Crippen molar-refractivity contribution < 1.29 is 19.4 Å². The van der Waals surface area contributed by atoms with E-state index >= 15 is 0 Å². The molecule has 6 nitrogen and oxygen atoms in total. The third kappa shape index (κ3) is 3.08. The lowest BCUT2D eigenvalue weighted by molar-refractivity contribution is -0.00237. The number of nitrogens with zero attached hydrogens (tertiary/aromatic N) is 2. The minimum Gasteiger partial charge on any atom is -0.477 e. The Bertz CT molecular complexity index is 466. The van der Waals surface area contributed by atoms with Crippen LogP contribution >= 0.6 is 0 Å². The highest BCUT2D eigenvalue weighted by molar-refractivity contribution is 5.96. The molecule has 0 aliphatic carbocycles. The second kappa shape index (κ2) is 6.67. The topological polar surface area (TPSA) is 71.9 Å². The number of aliphatic hydroxyl groups is 1. The zero-order valence-corrected chi connectivity index (χ0v) is 11.8. The second-order valence-corrected chi connectivity index (χ2v) is 4.56. The van der Waals surface area contributed by atoms with Crippen molar-refractivity contribution in [1.82, 2.24) is 9.88 Å². The quantitative estimate of drug-likeness (QED) is 0.859. The highest BCUT2D eigenvalue weighted by Crippen LogP contribution is 2.21. The first kappa shape index (κ1) is 14.7. The molecule has 1 amide bonds. The molecule has 110 valence electrons. The minimum absolute atomic E-state index is 0.192. The number of carbonyl (C=O) groups is 1. The van der Waals surface area contributed by atoms with Gasteiger partial charge < -0.3 is 19.5 Å². The zero-order valence-electron chi connectivity index (χ0n) is 11.8. The van der Waals surface area contributed by atoms with Gasteiger partial charge in [0.2, 0.25) is 5.88 Å². The Balaban J connectivity index is 2.12. The van der Waals surface area contributed by atoms with Gasteiger partial charge in [0.25, 0.3) is 5.91 Å². The molecule has 0 radical (unpaired) electrons. The molecule has 1 fully saturated rings. The summed E-state index contributed by atoms with van der Waals surface area (Å²) in [6, 6.07) is 3.38. The summed E-state index contributed by atoms with van der Waals surface area (Å²) < 4.78 is 10.8. The van der Waals surface area contributed by atoms with E-state index in [0.717, 1.165) is 0 Å². The van der Waals surface area contributed by atoms with E-state index in [-0.39, 0.29) is 18.6 Å². The van der Waals surface area contributed by atoms with E-state index in [9.17, 15) is 9.90 Å². The number of likely N-dealkylation sites (tertiary alicyclic amines) is 1. The molecule has 0 aromatic carbocycles. The van der Waals surface area contributed by atoms with Gasteiger partial charge >= 0.3 is 0 Å². The second-order valence-electron chi connectivity index (χ2n) is 4.56. The summed E-state index contributed by atoms with van der Waals surface area (Å²) in [7, 11) is 0. The van der Waals surface area contributed by atoms with Gasteiger partial charge in [-0.3, -0.25) is 4.79 Å². The third-order valence-electron chi connectivity index (χ3n) is 3.19. The van der Waals surface area contributed by atoms with Gasteiger partial charge in [-0.1, -0.05) is 0 Å². The fourth-order valence-corrected chi connectivity index (χ4v) is 2.28. The number of carbonyl (C=O) groups excluding carboxylic acids is 1. The molecule has 0 saturated carbocycles. The molecule has 2 atom stereocenters. The number of amides is 1. The smallest absolute Gasteiger partial charge is 0.259 e. The van der Waals surface area contributed by atoms with Gasteiger partial charge in [0.1, 0.15) is 11.7 Å². The zero-order chi connectivity index (χ0) is 14.5. The predicted molar refractivity (Wildman–Crippen MR) is 72.7 cm³/mol. The maximum absolute atomic E-state index is 12.5. The molecule has 0 spiro atoms. The van der Waals surface area contributed by atoms with E-state index in [2.05, 4.69) is 4.98 Å². The van der Waals surface area contributed by atoms with Crippen LogP contribution in [0.3, 0.4) is 0 Å². The number of rotatable bonds is 5. The molecular formula is C14H20N2O4. The van der Waals surface area contributed by atoms with E-state index in [1.54, 1.807) is 23.2 Å². The molecule has 2 rings (SSSR count).